The van der Waals surface area contributed by atoms with E-state index in [4.69, 9.17) is 10.3 Å². The monoisotopic (exact) mass is 400 g/mol. The minimum Gasteiger partial charge on any atom is -0.360 e. The number of rotatable bonds is 5. The van der Waals surface area contributed by atoms with Gasteiger partial charge in [-0.1, -0.05) is 35.5 Å². The van der Waals surface area contributed by atoms with E-state index in [1.54, 1.807) is 0 Å². The van der Waals surface area contributed by atoms with Crippen molar-refractivity contribution in [3.05, 3.63) is 53.4 Å². The minimum atomic E-state index is -0.476. The number of nitrogens with zero attached hydrogens (tertiary/aromatic N) is 3. The highest BCUT2D eigenvalue weighted by molar-refractivity contribution is 5.85. The van der Waals surface area contributed by atoms with Crippen molar-refractivity contribution < 1.29 is 9.32 Å². The van der Waals surface area contributed by atoms with Crippen LogP contribution in [0, 0.1) is 6.92 Å². The second-order valence-electron chi connectivity index (χ2n) is 6.33. The predicted molar refractivity (Wildman–Crippen MR) is 106 cm³/mol. The Morgan fingerprint density at radius 1 is 1.19 bits per heavy atom. The molecule has 0 saturated carbocycles. The van der Waals surface area contributed by atoms with E-state index < -0.39 is 6.04 Å². The Morgan fingerprint density at radius 3 is 2.42 bits per heavy atom. The Hall–Kier alpha value is -1.60. The van der Waals surface area contributed by atoms with Crippen LogP contribution >= 0.6 is 24.8 Å². The Bertz CT molecular complexity index is 673. The topological polar surface area (TPSA) is 75.6 Å². The summed E-state index contributed by atoms with van der Waals surface area (Å²) in [6.45, 7) is 5.70. The number of amides is 1. The Balaban J connectivity index is 0.00000169. The molecule has 1 saturated heterocycles. The number of aromatic nitrogens is 1. The molecule has 1 aromatic heterocycles. The molecule has 2 N–H and O–H groups in total. The van der Waals surface area contributed by atoms with Crippen LogP contribution in [0.2, 0.25) is 0 Å². The molecule has 0 bridgehead atoms. The Kier molecular flexibility index (Phi) is 9.08. The van der Waals surface area contributed by atoms with Crippen LogP contribution in [-0.2, 0) is 17.8 Å². The molecule has 1 aromatic carbocycles. The second-order valence-corrected chi connectivity index (χ2v) is 6.33. The molecule has 1 aliphatic rings. The number of nitrogens with two attached hydrogens (primary N) is 1. The molecule has 1 amide bonds. The maximum atomic E-state index is 12.5. The molecule has 144 valence electrons. The lowest BCUT2D eigenvalue weighted by Crippen LogP contribution is -2.53. The maximum absolute atomic E-state index is 12.5. The van der Waals surface area contributed by atoms with E-state index in [1.807, 2.05) is 48.2 Å². The van der Waals surface area contributed by atoms with Crippen molar-refractivity contribution in [3.63, 3.8) is 0 Å². The molecule has 26 heavy (non-hydrogen) atoms. The number of hydrogen-bond acceptors (Lipinski definition) is 5. The summed E-state index contributed by atoms with van der Waals surface area (Å²) < 4.78 is 5.25. The Labute approximate surface area is 166 Å². The molecular weight excluding hydrogens is 375 g/mol. The first kappa shape index (κ1) is 22.4. The largest absolute Gasteiger partial charge is 0.360 e. The van der Waals surface area contributed by atoms with Gasteiger partial charge in [0.05, 0.1) is 18.3 Å². The van der Waals surface area contributed by atoms with Gasteiger partial charge >= 0.3 is 0 Å². The van der Waals surface area contributed by atoms with Crippen LogP contribution in [0.25, 0.3) is 0 Å². The third kappa shape index (κ3) is 5.99. The van der Waals surface area contributed by atoms with E-state index in [1.165, 1.54) is 0 Å². The predicted octanol–water partition coefficient (Wildman–Crippen LogP) is 2.04. The van der Waals surface area contributed by atoms with Crippen LogP contribution in [0.5, 0.6) is 0 Å². The minimum absolute atomic E-state index is 0. The summed E-state index contributed by atoms with van der Waals surface area (Å²) in [5.41, 5.74) is 8.10. The first-order valence-electron chi connectivity index (χ1n) is 8.34. The highest BCUT2D eigenvalue weighted by atomic mass is 35.5. The van der Waals surface area contributed by atoms with Crippen LogP contribution in [0.4, 0.5) is 0 Å². The number of carbonyl (C=O) groups is 1. The molecule has 1 unspecified atom stereocenters. The number of halogens is 2. The lowest BCUT2D eigenvalue weighted by molar-refractivity contribution is -0.134. The van der Waals surface area contributed by atoms with E-state index in [0.717, 1.165) is 36.7 Å². The van der Waals surface area contributed by atoms with Gasteiger partial charge in [0.2, 0.25) is 5.91 Å². The van der Waals surface area contributed by atoms with Gasteiger partial charge in [0.1, 0.15) is 0 Å². The molecular formula is C18H26Cl2N4O2. The van der Waals surface area contributed by atoms with Gasteiger partial charge in [0.15, 0.2) is 5.76 Å². The summed E-state index contributed by atoms with van der Waals surface area (Å²) in [6, 6.07) is 11.4. The van der Waals surface area contributed by atoms with Crippen molar-refractivity contribution in [1.29, 1.82) is 0 Å². The summed E-state index contributed by atoms with van der Waals surface area (Å²) in [4.78, 5) is 16.7. The number of carbonyl (C=O) groups excluding carboxylic acids is 1. The van der Waals surface area contributed by atoms with E-state index in [2.05, 4.69) is 10.1 Å². The number of piperazine rings is 1. The van der Waals surface area contributed by atoms with E-state index >= 15 is 0 Å². The first-order valence-corrected chi connectivity index (χ1v) is 8.34. The van der Waals surface area contributed by atoms with Crippen LogP contribution in [0.1, 0.15) is 17.0 Å². The molecule has 3 rings (SSSR count). The normalized spacial score (nSPS) is 15.7. The van der Waals surface area contributed by atoms with Gasteiger partial charge in [-0.15, -0.1) is 24.8 Å². The SMILES string of the molecule is Cc1cc(CN2CCN(C(=O)C(N)Cc3ccccc3)CC2)on1.Cl.Cl. The summed E-state index contributed by atoms with van der Waals surface area (Å²) in [5.74, 6) is 0.905. The maximum Gasteiger partial charge on any atom is 0.239 e. The zero-order chi connectivity index (χ0) is 16.9. The number of hydrogen-bond donors (Lipinski definition) is 1. The lowest BCUT2D eigenvalue weighted by atomic mass is 10.1. The zero-order valence-corrected chi connectivity index (χ0v) is 16.5. The van der Waals surface area contributed by atoms with Gasteiger partial charge in [0, 0.05) is 32.2 Å². The molecule has 6 nitrogen and oxygen atoms in total. The molecule has 2 aromatic rings. The lowest BCUT2D eigenvalue weighted by Gasteiger charge is -2.35. The Morgan fingerprint density at radius 2 is 1.85 bits per heavy atom. The number of aryl methyl sites for hydroxylation is 1. The quantitative estimate of drug-likeness (QED) is 0.830. The molecule has 1 aliphatic heterocycles. The smallest absolute Gasteiger partial charge is 0.239 e. The van der Waals surface area contributed by atoms with Crippen molar-refractivity contribution in [1.82, 2.24) is 15.0 Å². The summed E-state index contributed by atoms with van der Waals surface area (Å²) >= 11 is 0. The van der Waals surface area contributed by atoms with Crippen molar-refractivity contribution in [3.8, 4) is 0 Å². The van der Waals surface area contributed by atoms with Crippen LogP contribution in [-0.4, -0.2) is 53.1 Å². The second kappa shape index (κ2) is 10.5. The fourth-order valence-corrected chi connectivity index (χ4v) is 3.03. The fraction of sp³-hybridized carbons (Fsp3) is 0.444. The molecule has 1 fully saturated rings. The van der Waals surface area contributed by atoms with Crippen LogP contribution in [0.3, 0.4) is 0 Å². The highest BCUT2D eigenvalue weighted by Crippen LogP contribution is 2.11. The van der Waals surface area contributed by atoms with Gasteiger partial charge in [0.25, 0.3) is 0 Å². The molecule has 1 atom stereocenters. The molecule has 8 heteroatoms. The average Bonchev–Trinajstić information content (AvgIpc) is 3.00. The van der Waals surface area contributed by atoms with Gasteiger partial charge in [-0.3, -0.25) is 9.69 Å². The van der Waals surface area contributed by atoms with Crippen molar-refractivity contribution in [2.75, 3.05) is 26.2 Å². The van der Waals surface area contributed by atoms with Crippen molar-refractivity contribution >= 4 is 30.7 Å². The van der Waals surface area contributed by atoms with Gasteiger partial charge < -0.3 is 15.2 Å². The molecule has 0 aliphatic carbocycles. The third-order valence-corrected chi connectivity index (χ3v) is 4.36. The molecule has 0 spiro atoms. The first-order chi connectivity index (χ1) is 11.6. The van der Waals surface area contributed by atoms with E-state index in [9.17, 15) is 4.79 Å². The van der Waals surface area contributed by atoms with E-state index in [0.29, 0.717) is 19.5 Å². The standard InChI is InChI=1S/C18H24N4O2.2ClH/c1-14-11-16(24-20-14)13-21-7-9-22(10-8-21)18(23)17(19)12-15-5-3-2-4-6-15;;/h2-6,11,17H,7-10,12-13,19H2,1H3;2*1H. The van der Waals surface area contributed by atoms with Crippen LogP contribution in [0.15, 0.2) is 40.9 Å². The third-order valence-electron chi connectivity index (χ3n) is 4.36. The summed E-state index contributed by atoms with van der Waals surface area (Å²) in [5, 5.41) is 3.91. The number of benzene rings is 1. The van der Waals surface area contributed by atoms with E-state index in [-0.39, 0.29) is 30.7 Å². The average molecular weight is 401 g/mol. The highest BCUT2D eigenvalue weighted by Gasteiger charge is 2.25. The van der Waals surface area contributed by atoms with Gasteiger partial charge in [-0.05, 0) is 18.9 Å². The van der Waals surface area contributed by atoms with Gasteiger partial charge in [-0.25, -0.2) is 0 Å². The summed E-state index contributed by atoms with van der Waals surface area (Å²) in [7, 11) is 0. The summed E-state index contributed by atoms with van der Waals surface area (Å²) in [6.07, 6.45) is 0.581. The zero-order valence-electron chi connectivity index (χ0n) is 14.8. The van der Waals surface area contributed by atoms with Gasteiger partial charge in [-0.2, -0.15) is 0 Å². The fourth-order valence-electron chi connectivity index (χ4n) is 3.03. The van der Waals surface area contributed by atoms with Crippen LogP contribution < -0.4 is 5.73 Å². The molecule has 2 heterocycles. The molecule has 0 radical (unpaired) electrons. The van der Waals surface area contributed by atoms with Crippen molar-refractivity contribution in [2.24, 2.45) is 5.73 Å². The van der Waals surface area contributed by atoms with Crippen molar-refractivity contribution in [2.45, 2.75) is 25.9 Å².